The van der Waals surface area contributed by atoms with E-state index in [9.17, 15) is 24.6 Å². The Balaban J connectivity index is 1.63. The topological polar surface area (TPSA) is 130 Å². The second-order valence-corrected chi connectivity index (χ2v) is 10.7. The first-order valence-electron chi connectivity index (χ1n) is 13.9. The van der Waals surface area contributed by atoms with E-state index in [1.54, 1.807) is 34.9 Å². The normalized spacial score (nSPS) is 13.1. The predicted molar refractivity (Wildman–Crippen MR) is 158 cm³/mol. The van der Waals surface area contributed by atoms with Gasteiger partial charge in [-0.1, -0.05) is 49.7 Å². The summed E-state index contributed by atoms with van der Waals surface area (Å²) < 4.78 is 7.55. The van der Waals surface area contributed by atoms with Crippen molar-refractivity contribution in [2.45, 2.75) is 78.0 Å². The van der Waals surface area contributed by atoms with Gasteiger partial charge in [0.1, 0.15) is 11.5 Å². The third-order valence-electron chi connectivity index (χ3n) is 7.56. The number of nitrogens with one attached hydrogen (secondary N) is 2. The molecule has 0 aliphatic heterocycles. The lowest BCUT2D eigenvalue weighted by molar-refractivity contribution is -0.137. The smallest absolute Gasteiger partial charge is 0.319 e. The zero-order valence-corrected chi connectivity index (χ0v) is 24.3. The number of aromatic nitrogens is 1. The molecule has 3 aromatic rings. The van der Waals surface area contributed by atoms with Crippen LogP contribution in [0.2, 0.25) is 5.02 Å². The van der Waals surface area contributed by atoms with Gasteiger partial charge in [0.2, 0.25) is 0 Å². The van der Waals surface area contributed by atoms with Crippen molar-refractivity contribution < 1.29 is 24.5 Å². The van der Waals surface area contributed by atoms with Crippen molar-refractivity contribution in [1.82, 2.24) is 9.88 Å². The Kier molecular flexibility index (Phi) is 9.60. The number of aryl methyl sites for hydroxylation is 1. The SMILES string of the molecule is CCC(CC)Oc1cccc([C@H](CC(=O)O)NC(=O)Nc2c(O)c3c(n(Cc4c(C)cccc4Cl)c2=O)CCC3)c1. The van der Waals surface area contributed by atoms with Gasteiger partial charge in [0.25, 0.3) is 5.56 Å². The summed E-state index contributed by atoms with van der Waals surface area (Å²) in [5, 5.41) is 26.3. The molecule has 41 heavy (non-hydrogen) atoms. The van der Waals surface area contributed by atoms with Crippen LogP contribution in [0.4, 0.5) is 10.5 Å². The molecule has 0 bridgehead atoms. The molecular weight excluding hydrogens is 546 g/mol. The molecule has 1 atom stereocenters. The number of hydrogen-bond acceptors (Lipinski definition) is 5. The minimum absolute atomic E-state index is 0.0129. The zero-order valence-electron chi connectivity index (χ0n) is 23.5. The Labute approximate surface area is 244 Å². The third-order valence-corrected chi connectivity index (χ3v) is 7.92. The number of carboxylic acids is 1. The first-order chi connectivity index (χ1) is 19.6. The quantitative estimate of drug-likeness (QED) is 0.221. The van der Waals surface area contributed by atoms with E-state index >= 15 is 0 Å². The number of aromatic hydroxyl groups is 1. The van der Waals surface area contributed by atoms with Crippen LogP contribution in [-0.4, -0.2) is 32.9 Å². The number of pyridine rings is 1. The molecule has 2 amide bonds. The molecule has 1 aliphatic carbocycles. The number of nitrogens with zero attached hydrogens (tertiary/aromatic N) is 1. The van der Waals surface area contributed by atoms with E-state index in [2.05, 4.69) is 10.6 Å². The summed E-state index contributed by atoms with van der Waals surface area (Å²) in [6, 6.07) is 10.7. The van der Waals surface area contributed by atoms with Gasteiger partial charge in [0.05, 0.1) is 25.1 Å². The first kappa shape index (κ1) is 30.0. The van der Waals surface area contributed by atoms with Crippen LogP contribution in [0.25, 0.3) is 0 Å². The van der Waals surface area contributed by atoms with Crippen LogP contribution in [0, 0.1) is 6.92 Å². The van der Waals surface area contributed by atoms with Crippen LogP contribution in [0.1, 0.15) is 73.5 Å². The molecule has 1 heterocycles. The standard InChI is InChI=1S/C31H36ClN3O6/c1-4-20(5-2)41-21-11-7-10-19(15-21)25(16-27(36)37)33-31(40)34-28-29(38)22-12-8-14-26(22)35(30(28)39)17-23-18(3)9-6-13-24(23)32/h6-7,9-11,13,15,20,25,38H,4-5,8,12,14,16-17H2,1-3H3,(H,36,37)(H2,33,34,40)/t25-/m0/s1. The zero-order chi connectivity index (χ0) is 29.7. The lowest BCUT2D eigenvalue weighted by atomic mass is 10.0. The molecule has 2 aromatic carbocycles. The van der Waals surface area contributed by atoms with E-state index in [0.29, 0.717) is 34.7 Å². The van der Waals surface area contributed by atoms with E-state index in [0.717, 1.165) is 36.1 Å². The highest BCUT2D eigenvalue weighted by Gasteiger charge is 2.27. The van der Waals surface area contributed by atoms with Crippen molar-refractivity contribution in [1.29, 1.82) is 0 Å². The molecule has 218 valence electrons. The molecule has 0 spiro atoms. The Hall–Kier alpha value is -3.98. The maximum Gasteiger partial charge on any atom is 0.319 e. The summed E-state index contributed by atoms with van der Waals surface area (Å²) >= 11 is 6.45. The summed E-state index contributed by atoms with van der Waals surface area (Å²) in [5.74, 6) is -0.803. The minimum Gasteiger partial charge on any atom is -0.505 e. The van der Waals surface area contributed by atoms with Crippen molar-refractivity contribution in [3.8, 4) is 11.5 Å². The molecule has 0 saturated carbocycles. The van der Waals surface area contributed by atoms with Gasteiger partial charge in [0, 0.05) is 16.3 Å². The van der Waals surface area contributed by atoms with Crippen molar-refractivity contribution in [3.63, 3.8) is 0 Å². The molecule has 0 saturated heterocycles. The Morgan fingerprint density at radius 3 is 2.54 bits per heavy atom. The number of rotatable bonds is 11. The van der Waals surface area contributed by atoms with Gasteiger partial charge in [0.15, 0.2) is 5.69 Å². The molecule has 9 nitrogen and oxygen atoms in total. The fourth-order valence-electron chi connectivity index (χ4n) is 5.28. The minimum atomic E-state index is -1.11. The summed E-state index contributed by atoms with van der Waals surface area (Å²) in [6.07, 6.45) is 3.19. The Morgan fingerprint density at radius 1 is 1.12 bits per heavy atom. The third kappa shape index (κ3) is 6.85. The summed E-state index contributed by atoms with van der Waals surface area (Å²) in [5.41, 5.74) is 2.75. The molecular formula is C31H36ClN3O6. The van der Waals surface area contributed by atoms with Crippen LogP contribution in [0.15, 0.2) is 47.3 Å². The van der Waals surface area contributed by atoms with Crippen LogP contribution in [-0.2, 0) is 24.2 Å². The molecule has 4 N–H and O–H groups in total. The van der Waals surface area contributed by atoms with Crippen molar-refractivity contribution in [2.75, 3.05) is 5.32 Å². The number of hydrogen-bond donors (Lipinski definition) is 4. The maximum atomic E-state index is 13.7. The molecule has 10 heteroatoms. The van der Waals surface area contributed by atoms with Gasteiger partial charge in [-0.25, -0.2) is 4.79 Å². The lowest BCUT2D eigenvalue weighted by Crippen LogP contribution is -2.37. The number of carbonyl (C=O) groups is 2. The number of ether oxygens (including phenoxy) is 1. The molecule has 0 radical (unpaired) electrons. The van der Waals surface area contributed by atoms with E-state index in [-0.39, 0.29) is 24.1 Å². The van der Waals surface area contributed by atoms with Crippen molar-refractivity contribution >= 4 is 29.3 Å². The van der Waals surface area contributed by atoms with Gasteiger partial charge in [-0.3, -0.25) is 9.59 Å². The average molecular weight is 582 g/mol. The largest absolute Gasteiger partial charge is 0.505 e. The molecule has 0 fully saturated rings. The highest BCUT2D eigenvalue weighted by molar-refractivity contribution is 6.31. The predicted octanol–water partition coefficient (Wildman–Crippen LogP) is 5.96. The van der Waals surface area contributed by atoms with E-state index < -0.39 is 30.0 Å². The number of benzene rings is 2. The van der Waals surface area contributed by atoms with E-state index in [1.807, 2.05) is 32.9 Å². The maximum absolute atomic E-state index is 13.7. The van der Waals surface area contributed by atoms with Crippen molar-refractivity contribution in [2.24, 2.45) is 0 Å². The van der Waals surface area contributed by atoms with Crippen LogP contribution in [0.3, 0.4) is 0 Å². The highest BCUT2D eigenvalue weighted by Crippen LogP contribution is 2.35. The first-order valence-corrected chi connectivity index (χ1v) is 14.3. The molecule has 4 rings (SSSR count). The Morgan fingerprint density at radius 2 is 1.85 bits per heavy atom. The lowest BCUT2D eigenvalue weighted by Gasteiger charge is -2.21. The number of anilines is 1. The van der Waals surface area contributed by atoms with Crippen LogP contribution in [0.5, 0.6) is 11.5 Å². The fourth-order valence-corrected chi connectivity index (χ4v) is 5.56. The van der Waals surface area contributed by atoms with Gasteiger partial charge < -0.3 is 30.2 Å². The van der Waals surface area contributed by atoms with Crippen LogP contribution >= 0.6 is 11.6 Å². The number of aliphatic carboxylic acids is 1. The van der Waals surface area contributed by atoms with Crippen molar-refractivity contribution in [3.05, 3.63) is 85.8 Å². The highest BCUT2D eigenvalue weighted by atomic mass is 35.5. The summed E-state index contributed by atoms with van der Waals surface area (Å²) in [4.78, 5) is 38.5. The fraction of sp³-hybridized carbons (Fsp3) is 0.387. The number of carbonyl (C=O) groups excluding carboxylic acids is 1. The van der Waals surface area contributed by atoms with Gasteiger partial charge in [-0.2, -0.15) is 0 Å². The van der Waals surface area contributed by atoms with Gasteiger partial charge in [-0.15, -0.1) is 0 Å². The molecule has 0 unspecified atom stereocenters. The molecule has 1 aliphatic rings. The van der Waals surface area contributed by atoms with Crippen LogP contribution < -0.4 is 20.9 Å². The van der Waals surface area contributed by atoms with E-state index in [1.165, 1.54) is 0 Å². The number of carboxylic acid groups (broad SMARTS) is 1. The summed E-state index contributed by atoms with van der Waals surface area (Å²) in [6.45, 7) is 6.14. The number of urea groups is 1. The number of fused-ring (bicyclic) bond motifs is 1. The Bertz CT molecular complexity index is 1480. The second-order valence-electron chi connectivity index (χ2n) is 10.3. The number of halogens is 1. The second kappa shape index (κ2) is 13.1. The van der Waals surface area contributed by atoms with E-state index in [4.69, 9.17) is 16.3 Å². The summed E-state index contributed by atoms with van der Waals surface area (Å²) in [7, 11) is 0. The van der Waals surface area contributed by atoms with Gasteiger partial charge in [-0.05, 0) is 73.9 Å². The average Bonchev–Trinajstić information content (AvgIpc) is 3.43. The number of amides is 2. The monoisotopic (exact) mass is 581 g/mol. The molecule has 1 aromatic heterocycles. The van der Waals surface area contributed by atoms with Gasteiger partial charge >= 0.3 is 12.0 Å².